The summed E-state index contributed by atoms with van der Waals surface area (Å²) in [6.07, 6.45) is 9.89. The number of nitrogens with two attached hydrogens (primary N) is 1. The molecule has 0 saturated carbocycles. The second-order valence-electron chi connectivity index (χ2n) is 8.15. The van der Waals surface area contributed by atoms with E-state index in [-0.39, 0.29) is 6.61 Å². The average Bonchev–Trinajstić information content (AvgIpc) is 2.68. The molecule has 0 aliphatic heterocycles. The summed E-state index contributed by atoms with van der Waals surface area (Å²) in [7, 11) is 1.68. The summed E-state index contributed by atoms with van der Waals surface area (Å²) in [6, 6.07) is 6.01. The van der Waals surface area contributed by atoms with Crippen LogP contribution < -0.4 is 15.2 Å². The first-order chi connectivity index (χ1) is 12.9. The Morgan fingerprint density at radius 2 is 1.81 bits per heavy atom. The van der Waals surface area contributed by atoms with E-state index in [4.69, 9.17) is 15.2 Å². The standard InChI is InChI=1S/C23H41NO3/c1-5-23(24,18-25)15-14-20-12-13-21(17-22(20)26-4)27-16-10-8-6-7-9-11-19(2)3/h12-13,17,19,25H,5-11,14-16,18,24H2,1-4H3. The third-order valence-corrected chi connectivity index (χ3v) is 5.36. The van der Waals surface area contributed by atoms with E-state index in [1.54, 1.807) is 7.11 Å². The van der Waals surface area contributed by atoms with Gasteiger partial charge in [0.2, 0.25) is 0 Å². The van der Waals surface area contributed by atoms with E-state index in [9.17, 15) is 5.11 Å². The summed E-state index contributed by atoms with van der Waals surface area (Å²) in [6.45, 7) is 7.34. The molecule has 0 amide bonds. The maximum Gasteiger partial charge on any atom is 0.125 e. The molecule has 156 valence electrons. The molecule has 0 spiro atoms. The van der Waals surface area contributed by atoms with Crippen LogP contribution in [-0.4, -0.2) is 31.0 Å². The van der Waals surface area contributed by atoms with Crippen molar-refractivity contribution in [3.63, 3.8) is 0 Å². The summed E-state index contributed by atoms with van der Waals surface area (Å²) < 4.78 is 11.4. The summed E-state index contributed by atoms with van der Waals surface area (Å²) in [5.41, 5.74) is 6.77. The number of benzene rings is 1. The summed E-state index contributed by atoms with van der Waals surface area (Å²) in [4.78, 5) is 0. The monoisotopic (exact) mass is 379 g/mol. The van der Waals surface area contributed by atoms with Gasteiger partial charge in [-0.05, 0) is 43.2 Å². The molecule has 1 rings (SSSR count). The quantitative estimate of drug-likeness (QED) is 0.416. The molecule has 1 atom stereocenters. The van der Waals surface area contributed by atoms with Crippen LogP contribution in [0.3, 0.4) is 0 Å². The highest BCUT2D eigenvalue weighted by Gasteiger charge is 2.22. The van der Waals surface area contributed by atoms with Gasteiger partial charge in [0.15, 0.2) is 0 Å². The van der Waals surface area contributed by atoms with Crippen molar-refractivity contribution in [2.24, 2.45) is 11.7 Å². The number of hydrogen-bond acceptors (Lipinski definition) is 4. The van der Waals surface area contributed by atoms with Gasteiger partial charge < -0.3 is 20.3 Å². The fraction of sp³-hybridized carbons (Fsp3) is 0.739. The first-order valence-corrected chi connectivity index (χ1v) is 10.6. The van der Waals surface area contributed by atoms with Gasteiger partial charge in [-0.1, -0.05) is 58.9 Å². The molecule has 0 heterocycles. The molecule has 1 aromatic rings. The smallest absolute Gasteiger partial charge is 0.125 e. The van der Waals surface area contributed by atoms with E-state index in [2.05, 4.69) is 13.8 Å². The van der Waals surface area contributed by atoms with Crippen molar-refractivity contribution in [3.8, 4) is 11.5 Å². The Morgan fingerprint density at radius 3 is 2.44 bits per heavy atom. The Balaban J connectivity index is 2.37. The summed E-state index contributed by atoms with van der Waals surface area (Å²) in [5, 5.41) is 9.47. The van der Waals surface area contributed by atoms with E-state index in [0.29, 0.717) is 0 Å². The Kier molecular flexibility index (Phi) is 11.5. The molecular weight excluding hydrogens is 338 g/mol. The lowest BCUT2D eigenvalue weighted by Gasteiger charge is -2.25. The molecule has 1 aromatic carbocycles. The van der Waals surface area contributed by atoms with Crippen LogP contribution >= 0.6 is 0 Å². The van der Waals surface area contributed by atoms with Crippen LogP contribution in [0.5, 0.6) is 11.5 Å². The highest BCUT2D eigenvalue weighted by Crippen LogP contribution is 2.27. The van der Waals surface area contributed by atoms with Crippen molar-refractivity contribution in [1.29, 1.82) is 0 Å². The van der Waals surface area contributed by atoms with Crippen molar-refractivity contribution in [2.45, 2.75) is 84.1 Å². The third kappa shape index (κ3) is 9.48. The zero-order valence-electron chi connectivity index (χ0n) is 17.9. The van der Waals surface area contributed by atoms with Gasteiger partial charge in [-0.2, -0.15) is 0 Å². The third-order valence-electron chi connectivity index (χ3n) is 5.36. The molecule has 0 radical (unpaired) electrons. The lowest BCUT2D eigenvalue weighted by Crippen LogP contribution is -2.43. The predicted octanol–water partition coefficient (Wildman–Crippen LogP) is 5.10. The van der Waals surface area contributed by atoms with Gasteiger partial charge in [-0.15, -0.1) is 0 Å². The van der Waals surface area contributed by atoms with Gasteiger partial charge in [-0.25, -0.2) is 0 Å². The molecule has 0 aliphatic carbocycles. The van der Waals surface area contributed by atoms with Gasteiger partial charge in [0.1, 0.15) is 11.5 Å². The Hall–Kier alpha value is -1.26. The van der Waals surface area contributed by atoms with E-state index in [1.165, 1.54) is 32.1 Å². The zero-order valence-corrected chi connectivity index (χ0v) is 17.9. The zero-order chi connectivity index (χ0) is 20.1. The largest absolute Gasteiger partial charge is 0.496 e. The van der Waals surface area contributed by atoms with Crippen LogP contribution in [-0.2, 0) is 6.42 Å². The minimum atomic E-state index is -0.519. The van der Waals surface area contributed by atoms with Gasteiger partial charge in [-0.3, -0.25) is 0 Å². The number of methoxy groups -OCH3 is 1. The van der Waals surface area contributed by atoms with Gasteiger partial charge in [0.05, 0.1) is 20.3 Å². The molecular formula is C23H41NO3. The van der Waals surface area contributed by atoms with Crippen molar-refractivity contribution in [2.75, 3.05) is 20.3 Å². The topological polar surface area (TPSA) is 64.7 Å². The van der Waals surface area contributed by atoms with E-state index in [0.717, 1.165) is 55.3 Å². The van der Waals surface area contributed by atoms with Crippen LogP contribution in [0.15, 0.2) is 18.2 Å². The molecule has 0 aliphatic rings. The fourth-order valence-corrected chi connectivity index (χ4v) is 3.15. The number of unbranched alkanes of at least 4 members (excludes halogenated alkanes) is 4. The Morgan fingerprint density at radius 1 is 1.11 bits per heavy atom. The van der Waals surface area contributed by atoms with Crippen molar-refractivity contribution in [3.05, 3.63) is 23.8 Å². The molecule has 4 heteroatoms. The first kappa shape index (κ1) is 23.8. The Bertz CT molecular complexity index is 512. The second-order valence-corrected chi connectivity index (χ2v) is 8.15. The number of aliphatic hydroxyl groups is 1. The molecule has 0 aromatic heterocycles. The highest BCUT2D eigenvalue weighted by molar-refractivity contribution is 5.41. The van der Waals surface area contributed by atoms with E-state index >= 15 is 0 Å². The highest BCUT2D eigenvalue weighted by atomic mass is 16.5. The van der Waals surface area contributed by atoms with Gasteiger partial charge in [0, 0.05) is 11.6 Å². The lowest BCUT2D eigenvalue weighted by atomic mass is 9.90. The minimum absolute atomic E-state index is 0.00444. The molecule has 4 nitrogen and oxygen atoms in total. The van der Waals surface area contributed by atoms with Crippen LogP contribution in [0.4, 0.5) is 0 Å². The van der Waals surface area contributed by atoms with Gasteiger partial charge >= 0.3 is 0 Å². The fourth-order valence-electron chi connectivity index (χ4n) is 3.15. The molecule has 27 heavy (non-hydrogen) atoms. The lowest BCUT2D eigenvalue weighted by molar-refractivity contribution is 0.182. The number of aryl methyl sites for hydroxylation is 1. The van der Waals surface area contributed by atoms with E-state index in [1.807, 2.05) is 25.1 Å². The average molecular weight is 380 g/mol. The van der Waals surface area contributed by atoms with Gasteiger partial charge in [0.25, 0.3) is 0 Å². The molecule has 0 bridgehead atoms. The number of ether oxygens (including phenoxy) is 2. The maximum absolute atomic E-state index is 9.47. The summed E-state index contributed by atoms with van der Waals surface area (Å²) in [5.74, 6) is 2.50. The molecule has 0 fully saturated rings. The van der Waals surface area contributed by atoms with Crippen molar-refractivity contribution >= 4 is 0 Å². The first-order valence-electron chi connectivity index (χ1n) is 10.6. The molecule has 1 unspecified atom stereocenters. The normalized spacial score (nSPS) is 13.6. The van der Waals surface area contributed by atoms with Crippen molar-refractivity contribution in [1.82, 2.24) is 0 Å². The number of aliphatic hydroxyl groups excluding tert-OH is 1. The number of rotatable bonds is 15. The minimum Gasteiger partial charge on any atom is -0.496 e. The molecule has 0 saturated heterocycles. The van der Waals surface area contributed by atoms with E-state index < -0.39 is 5.54 Å². The predicted molar refractivity (Wildman–Crippen MR) is 114 cm³/mol. The summed E-state index contributed by atoms with van der Waals surface area (Å²) >= 11 is 0. The Labute approximate surface area is 166 Å². The maximum atomic E-state index is 9.47. The number of hydrogen-bond donors (Lipinski definition) is 2. The van der Waals surface area contributed by atoms with Crippen LogP contribution in [0.1, 0.15) is 77.7 Å². The SMILES string of the molecule is CCC(N)(CO)CCc1ccc(OCCCCCCCC(C)C)cc1OC. The van der Waals surface area contributed by atoms with Crippen LogP contribution in [0.2, 0.25) is 0 Å². The van der Waals surface area contributed by atoms with Crippen LogP contribution in [0, 0.1) is 5.92 Å². The van der Waals surface area contributed by atoms with Crippen LogP contribution in [0.25, 0.3) is 0 Å². The molecule has 3 N–H and O–H groups in total. The van der Waals surface area contributed by atoms with Crippen molar-refractivity contribution < 1.29 is 14.6 Å². The second kappa shape index (κ2) is 13.0.